The second-order valence-electron chi connectivity index (χ2n) is 5.48. The van der Waals surface area contributed by atoms with Crippen LogP contribution in [-0.2, 0) is 6.61 Å². The first-order valence-electron chi connectivity index (χ1n) is 7.32. The summed E-state index contributed by atoms with van der Waals surface area (Å²) in [6, 6.07) is 3.25. The third-order valence-corrected chi connectivity index (χ3v) is 3.87. The summed E-state index contributed by atoms with van der Waals surface area (Å²) in [6.07, 6.45) is 1.74. The highest BCUT2D eigenvalue weighted by Crippen LogP contribution is 2.32. The number of nitrogens with zero attached hydrogens (tertiary/aromatic N) is 1. The molecule has 0 aliphatic heterocycles. The van der Waals surface area contributed by atoms with Gasteiger partial charge in [0.2, 0.25) is 0 Å². The van der Waals surface area contributed by atoms with Gasteiger partial charge in [0.25, 0.3) is 0 Å². The lowest BCUT2D eigenvalue weighted by Crippen LogP contribution is -2.05. The number of aromatic nitrogens is 1. The van der Waals surface area contributed by atoms with Gasteiger partial charge in [-0.1, -0.05) is 0 Å². The summed E-state index contributed by atoms with van der Waals surface area (Å²) in [5.41, 5.74) is 3.49. The van der Waals surface area contributed by atoms with Gasteiger partial charge in [-0.05, 0) is 39.8 Å². The minimum Gasteiger partial charge on any atom is -0.507 e. The van der Waals surface area contributed by atoms with Crippen molar-refractivity contribution in [2.24, 2.45) is 0 Å². The maximum absolute atomic E-state index is 11.4. The number of Topliss-reactive ketones (excluding diaryl/α,β-unsaturated/α-hetero) is 1. The number of rotatable bonds is 5. The van der Waals surface area contributed by atoms with Crippen LogP contribution in [0.25, 0.3) is 0 Å². The number of phenolic OH excluding ortho intramolecular Hbond substituents is 1. The van der Waals surface area contributed by atoms with E-state index < -0.39 is 0 Å². The van der Waals surface area contributed by atoms with Gasteiger partial charge in [-0.15, -0.1) is 0 Å². The Bertz CT molecular complexity index is 753. The number of carbonyl (C=O) groups excluding carboxylic acids is 1. The molecule has 1 heterocycles. The highest BCUT2D eigenvalue weighted by Gasteiger charge is 2.14. The van der Waals surface area contributed by atoms with Crippen molar-refractivity contribution in [2.45, 2.75) is 34.3 Å². The lowest BCUT2D eigenvalue weighted by atomic mass is 10.1. The molecule has 0 fully saturated rings. The van der Waals surface area contributed by atoms with Crippen LogP contribution in [0.3, 0.4) is 0 Å². The SMILES string of the molecule is COc1c(C)cnc(COc2ccc(C(C)=O)c(O)c2C)c1C. The molecular weight excluding hydrogens is 294 g/mol. The van der Waals surface area contributed by atoms with E-state index in [1.54, 1.807) is 32.4 Å². The van der Waals surface area contributed by atoms with E-state index in [-0.39, 0.29) is 18.1 Å². The van der Waals surface area contributed by atoms with Crippen LogP contribution >= 0.6 is 0 Å². The van der Waals surface area contributed by atoms with E-state index in [1.165, 1.54) is 6.92 Å². The van der Waals surface area contributed by atoms with E-state index in [0.29, 0.717) is 16.9 Å². The summed E-state index contributed by atoms with van der Waals surface area (Å²) in [7, 11) is 1.63. The van der Waals surface area contributed by atoms with Crippen molar-refractivity contribution >= 4 is 5.78 Å². The number of carbonyl (C=O) groups is 1. The summed E-state index contributed by atoms with van der Waals surface area (Å²) in [4.78, 5) is 15.8. The minimum absolute atomic E-state index is 0.0406. The molecule has 122 valence electrons. The molecule has 0 spiro atoms. The molecule has 1 aromatic heterocycles. The molecule has 0 aliphatic carbocycles. The Morgan fingerprint density at radius 2 is 1.91 bits per heavy atom. The van der Waals surface area contributed by atoms with Gasteiger partial charge in [-0.25, -0.2) is 0 Å². The Morgan fingerprint density at radius 3 is 2.52 bits per heavy atom. The number of methoxy groups -OCH3 is 1. The van der Waals surface area contributed by atoms with Crippen LogP contribution in [0.4, 0.5) is 0 Å². The molecule has 23 heavy (non-hydrogen) atoms. The Hall–Kier alpha value is -2.56. The number of hydrogen-bond donors (Lipinski definition) is 1. The maximum atomic E-state index is 11.4. The normalized spacial score (nSPS) is 10.5. The molecule has 1 aromatic carbocycles. The highest BCUT2D eigenvalue weighted by atomic mass is 16.5. The van der Waals surface area contributed by atoms with Crippen LogP contribution in [0.15, 0.2) is 18.3 Å². The van der Waals surface area contributed by atoms with Crippen molar-refractivity contribution in [1.29, 1.82) is 0 Å². The molecule has 2 aromatic rings. The molecule has 5 heteroatoms. The topological polar surface area (TPSA) is 68.7 Å². The van der Waals surface area contributed by atoms with Gasteiger partial charge in [-0.2, -0.15) is 0 Å². The molecule has 5 nitrogen and oxygen atoms in total. The van der Waals surface area contributed by atoms with Crippen molar-refractivity contribution in [1.82, 2.24) is 4.98 Å². The summed E-state index contributed by atoms with van der Waals surface area (Å²) < 4.78 is 11.1. The number of ketones is 1. The molecular formula is C18H21NO4. The van der Waals surface area contributed by atoms with Crippen molar-refractivity contribution in [3.8, 4) is 17.2 Å². The smallest absolute Gasteiger partial charge is 0.163 e. The van der Waals surface area contributed by atoms with Gasteiger partial charge < -0.3 is 14.6 Å². The predicted molar refractivity (Wildman–Crippen MR) is 87.4 cm³/mol. The summed E-state index contributed by atoms with van der Waals surface area (Å²) in [5, 5.41) is 10.1. The highest BCUT2D eigenvalue weighted by molar-refractivity contribution is 5.97. The maximum Gasteiger partial charge on any atom is 0.163 e. The van der Waals surface area contributed by atoms with E-state index in [9.17, 15) is 9.90 Å². The van der Waals surface area contributed by atoms with Crippen molar-refractivity contribution < 1.29 is 19.4 Å². The molecule has 0 atom stereocenters. The van der Waals surface area contributed by atoms with Gasteiger partial charge in [0.15, 0.2) is 5.78 Å². The Kier molecular flexibility index (Phi) is 4.89. The van der Waals surface area contributed by atoms with E-state index in [1.807, 2.05) is 13.8 Å². The Morgan fingerprint density at radius 1 is 1.22 bits per heavy atom. The molecule has 0 unspecified atom stereocenters. The van der Waals surface area contributed by atoms with Crippen LogP contribution < -0.4 is 9.47 Å². The van der Waals surface area contributed by atoms with Crippen LogP contribution in [0.1, 0.15) is 39.7 Å². The molecule has 1 N–H and O–H groups in total. The van der Waals surface area contributed by atoms with E-state index in [0.717, 1.165) is 22.6 Å². The van der Waals surface area contributed by atoms with E-state index in [4.69, 9.17) is 9.47 Å². The number of hydrogen-bond acceptors (Lipinski definition) is 5. The standard InChI is InChI=1S/C18H21NO4/c1-10-8-19-15(11(2)18(10)22-5)9-23-16-7-6-14(13(4)20)17(21)12(16)3/h6-8,21H,9H2,1-5H3. The van der Waals surface area contributed by atoms with Gasteiger partial charge >= 0.3 is 0 Å². The molecule has 0 radical (unpaired) electrons. The van der Waals surface area contributed by atoms with Gasteiger partial charge in [0.1, 0.15) is 23.9 Å². The van der Waals surface area contributed by atoms with Crippen LogP contribution in [0.2, 0.25) is 0 Å². The fraction of sp³-hybridized carbons (Fsp3) is 0.333. The monoisotopic (exact) mass is 315 g/mol. The average Bonchev–Trinajstić information content (AvgIpc) is 2.50. The van der Waals surface area contributed by atoms with Crippen molar-refractivity contribution in [3.05, 3.63) is 46.3 Å². The lowest BCUT2D eigenvalue weighted by molar-refractivity contribution is 0.101. The minimum atomic E-state index is -0.182. The Labute approximate surface area is 135 Å². The molecule has 0 bridgehead atoms. The summed E-state index contributed by atoms with van der Waals surface area (Å²) >= 11 is 0. The quantitative estimate of drug-likeness (QED) is 0.855. The van der Waals surface area contributed by atoms with Gasteiger partial charge in [0.05, 0.1) is 18.4 Å². The van der Waals surface area contributed by atoms with Gasteiger partial charge in [-0.3, -0.25) is 9.78 Å². The third kappa shape index (κ3) is 3.28. The summed E-state index contributed by atoms with van der Waals surface area (Å²) in [6.45, 7) is 7.25. The van der Waals surface area contributed by atoms with E-state index in [2.05, 4.69) is 4.98 Å². The second kappa shape index (κ2) is 6.69. The molecule has 0 saturated carbocycles. The van der Waals surface area contributed by atoms with Crippen molar-refractivity contribution in [3.63, 3.8) is 0 Å². The van der Waals surface area contributed by atoms with Gasteiger partial charge in [0, 0.05) is 22.9 Å². The Balaban J connectivity index is 2.25. The largest absolute Gasteiger partial charge is 0.507 e. The number of aryl methyl sites for hydroxylation is 1. The zero-order chi connectivity index (χ0) is 17.1. The first-order valence-corrected chi connectivity index (χ1v) is 7.32. The molecule has 0 aliphatic rings. The second-order valence-corrected chi connectivity index (χ2v) is 5.48. The first-order chi connectivity index (χ1) is 10.9. The third-order valence-electron chi connectivity index (χ3n) is 3.87. The summed E-state index contributed by atoms with van der Waals surface area (Å²) in [5.74, 6) is 1.09. The molecule has 0 amide bonds. The fourth-order valence-corrected chi connectivity index (χ4v) is 2.48. The lowest BCUT2D eigenvalue weighted by Gasteiger charge is -2.15. The molecule has 0 saturated heterocycles. The number of phenols is 1. The number of benzene rings is 1. The van der Waals surface area contributed by atoms with Crippen molar-refractivity contribution in [2.75, 3.05) is 7.11 Å². The zero-order valence-electron chi connectivity index (χ0n) is 14.1. The van der Waals surface area contributed by atoms with Crippen LogP contribution in [-0.4, -0.2) is 23.0 Å². The number of ether oxygens (including phenoxy) is 2. The first kappa shape index (κ1) is 16.8. The number of pyridine rings is 1. The number of aromatic hydroxyl groups is 1. The predicted octanol–water partition coefficient (Wildman–Crippen LogP) is 3.50. The van der Waals surface area contributed by atoms with E-state index >= 15 is 0 Å². The average molecular weight is 315 g/mol. The fourth-order valence-electron chi connectivity index (χ4n) is 2.48. The zero-order valence-corrected chi connectivity index (χ0v) is 14.1. The molecule has 2 rings (SSSR count). The van der Waals surface area contributed by atoms with Crippen LogP contribution in [0.5, 0.6) is 17.2 Å². The van der Waals surface area contributed by atoms with Crippen LogP contribution in [0, 0.1) is 20.8 Å².